The number of alkyl carbamates (subject to hydrolysis) is 1. The summed E-state index contributed by atoms with van der Waals surface area (Å²) in [4.78, 5) is 23.6. The number of hydrogen-bond acceptors (Lipinski definition) is 4. The lowest BCUT2D eigenvalue weighted by Gasteiger charge is -2.28. The third-order valence-corrected chi connectivity index (χ3v) is 4.24. The van der Waals surface area contributed by atoms with Crippen LogP contribution in [0.2, 0.25) is 0 Å². The zero-order valence-electron chi connectivity index (χ0n) is 11.8. The van der Waals surface area contributed by atoms with E-state index in [1.54, 1.807) is 6.08 Å². The molecule has 1 amide bonds. The molecule has 2 aliphatic rings. The molecule has 0 aliphatic heterocycles. The first-order chi connectivity index (χ1) is 9.53. The molecule has 0 bridgehead atoms. The molecule has 0 aromatic heterocycles. The fourth-order valence-electron chi connectivity index (χ4n) is 3.34. The van der Waals surface area contributed by atoms with Crippen molar-refractivity contribution in [2.24, 2.45) is 17.8 Å². The maximum atomic E-state index is 11.9. The average molecular weight is 279 g/mol. The van der Waals surface area contributed by atoms with Crippen LogP contribution < -0.4 is 5.32 Å². The van der Waals surface area contributed by atoms with Crippen LogP contribution >= 0.6 is 0 Å². The number of rotatable bonds is 6. The van der Waals surface area contributed by atoms with E-state index >= 15 is 0 Å². The fraction of sp³-hybridized carbons (Fsp3) is 0.600. The molecule has 2 rings (SSSR count). The Labute approximate surface area is 119 Å². The van der Waals surface area contributed by atoms with Gasteiger partial charge in [-0.15, -0.1) is 0 Å². The average Bonchev–Trinajstić information content (AvgIpc) is 3.07. The number of nitrogens with one attached hydrogen (secondary N) is 1. The van der Waals surface area contributed by atoms with E-state index in [1.807, 2.05) is 6.92 Å². The molecular formula is C15H21NO4. The van der Waals surface area contributed by atoms with Crippen LogP contribution in [0.15, 0.2) is 25.3 Å². The summed E-state index contributed by atoms with van der Waals surface area (Å²) in [6, 6.07) is 0. The lowest BCUT2D eigenvalue weighted by atomic mass is 9.93. The molecule has 0 spiro atoms. The van der Waals surface area contributed by atoms with E-state index in [2.05, 4.69) is 18.5 Å². The summed E-state index contributed by atoms with van der Waals surface area (Å²) < 4.78 is 10.0. The first-order valence-electron chi connectivity index (χ1n) is 6.87. The quantitative estimate of drug-likeness (QED) is 0.597. The smallest absolute Gasteiger partial charge is 0.407 e. The highest BCUT2D eigenvalue weighted by atomic mass is 16.5. The molecule has 110 valence electrons. The van der Waals surface area contributed by atoms with Gasteiger partial charge in [-0.3, -0.25) is 4.79 Å². The van der Waals surface area contributed by atoms with Gasteiger partial charge in [0, 0.05) is 5.54 Å². The molecule has 0 radical (unpaired) electrons. The molecule has 0 aromatic rings. The lowest BCUT2D eigenvalue weighted by Crippen LogP contribution is -2.47. The Balaban J connectivity index is 1.90. The number of esters is 1. The van der Waals surface area contributed by atoms with Crippen LogP contribution in [0.4, 0.5) is 4.79 Å². The topological polar surface area (TPSA) is 64.6 Å². The van der Waals surface area contributed by atoms with Gasteiger partial charge < -0.3 is 14.8 Å². The van der Waals surface area contributed by atoms with Crippen LogP contribution in [0, 0.1) is 17.8 Å². The van der Waals surface area contributed by atoms with Crippen molar-refractivity contribution in [1.82, 2.24) is 5.32 Å². The van der Waals surface area contributed by atoms with Gasteiger partial charge in [0.2, 0.25) is 0 Å². The molecule has 0 unspecified atom stereocenters. The van der Waals surface area contributed by atoms with Gasteiger partial charge >= 0.3 is 12.1 Å². The maximum absolute atomic E-state index is 11.9. The molecule has 5 heteroatoms. The Hall–Kier alpha value is -1.78. The second-order valence-electron chi connectivity index (χ2n) is 5.60. The van der Waals surface area contributed by atoms with Gasteiger partial charge in [-0.1, -0.05) is 25.3 Å². The molecule has 2 saturated carbocycles. The van der Waals surface area contributed by atoms with Crippen molar-refractivity contribution >= 4 is 12.1 Å². The van der Waals surface area contributed by atoms with Crippen LogP contribution in [0.5, 0.6) is 0 Å². The first kappa shape index (κ1) is 14.6. The summed E-state index contributed by atoms with van der Waals surface area (Å²) in [5.74, 6) is 0.175. The third-order valence-electron chi connectivity index (χ3n) is 4.24. The highest BCUT2D eigenvalue weighted by Crippen LogP contribution is 2.62. The summed E-state index contributed by atoms with van der Waals surface area (Å²) >= 11 is 0. The van der Waals surface area contributed by atoms with E-state index in [1.165, 1.54) is 6.08 Å². The van der Waals surface area contributed by atoms with Gasteiger partial charge in [0.05, 0.1) is 5.92 Å². The van der Waals surface area contributed by atoms with Crippen molar-refractivity contribution in [2.75, 3.05) is 13.2 Å². The molecule has 0 saturated heterocycles. The van der Waals surface area contributed by atoms with Crippen molar-refractivity contribution in [1.29, 1.82) is 0 Å². The van der Waals surface area contributed by atoms with Gasteiger partial charge in [-0.2, -0.15) is 0 Å². The monoisotopic (exact) mass is 279 g/mol. The SMILES string of the molecule is C=CCOC(=O)N[C@@]1(C)CC[C@H]2[C@H](C(=O)OCC=C)[C@H]21. The predicted octanol–water partition coefficient (Wildman–Crippen LogP) is 2.04. The van der Waals surface area contributed by atoms with E-state index in [-0.39, 0.29) is 36.6 Å². The Morgan fingerprint density at radius 2 is 1.95 bits per heavy atom. The van der Waals surface area contributed by atoms with Gasteiger partial charge in [-0.05, 0) is 31.6 Å². The summed E-state index contributed by atoms with van der Waals surface area (Å²) in [6.45, 7) is 9.40. The first-order valence-corrected chi connectivity index (χ1v) is 6.87. The Morgan fingerprint density at radius 3 is 2.60 bits per heavy atom. The number of ether oxygens (including phenoxy) is 2. The number of carbonyl (C=O) groups excluding carboxylic acids is 2. The highest BCUT2D eigenvalue weighted by molar-refractivity contribution is 5.78. The lowest BCUT2D eigenvalue weighted by molar-refractivity contribution is -0.145. The fourth-order valence-corrected chi connectivity index (χ4v) is 3.34. The largest absolute Gasteiger partial charge is 0.461 e. The zero-order chi connectivity index (χ0) is 14.8. The van der Waals surface area contributed by atoms with Gasteiger partial charge in [0.25, 0.3) is 0 Å². The maximum Gasteiger partial charge on any atom is 0.407 e. The van der Waals surface area contributed by atoms with Gasteiger partial charge in [0.15, 0.2) is 0 Å². The molecule has 4 atom stereocenters. The van der Waals surface area contributed by atoms with E-state index in [0.29, 0.717) is 5.92 Å². The van der Waals surface area contributed by atoms with Crippen LogP contribution in [0.25, 0.3) is 0 Å². The molecule has 1 N–H and O–H groups in total. The summed E-state index contributed by atoms with van der Waals surface area (Å²) in [5.41, 5.74) is -0.388. The van der Waals surface area contributed by atoms with E-state index < -0.39 is 6.09 Å². The molecule has 0 aromatic carbocycles. The number of amides is 1. The second kappa shape index (κ2) is 5.69. The third kappa shape index (κ3) is 2.71. The zero-order valence-corrected chi connectivity index (χ0v) is 11.8. The van der Waals surface area contributed by atoms with Crippen LogP contribution in [-0.4, -0.2) is 30.8 Å². The minimum atomic E-state index is -0.460. The molecule has 5 nitrogen and oxygen atoms in total. The van der Waals surface area contributed by atoms with Crippen molar-refractivity contribution in [3.05, 3.63) is 25.3 Å². The highest BCUT2D eigenvalue weighted by Gasteiger charge is 2.67. The predicted molar refractivity (Wildman–Crippen MR) is 73.9 cm³/mol. The standard InChI is InChI=1S/C15H21NO4/c1-4-8-19-13(17)11-10-6-7-15(3,12(10)11)16-14(18)20-9-5-2/h4-5,10-12H,1-2,6-9H2,3H3,(H,16,18)/t10-,11-,12-,15-/m0/s1. The minimum Gasteiger partial charge on any atom is -0.461 e. The second-order valence-corrected chi connectivity index (χ2v) is 5.60. The van der Waals surface area contributed by atoms with Crippen molar-refractivity contribution in [3.63, 3.8) is 0 Å². The van der Waals surface area contributed by atoms with Crippen LogP contribution in [-0.2, 0) is 14.3 Å². The van der Waals surface area contributed by atoms with Crippen molar-refractivity contribution in [2.45, 2.75) is 25.3 Å². The molecular weight excluding hydrogens is 258 g/mol. The van der Waals surface area contributed by atoms with E-state index in [0.717, 1.165) is 12.8 Å². The molecule has 2 fully saturated rings. The van der Waals surface area contributed by atoms with Crippen molar-refractivity contribution < 1.29 is 19.1 Å². The summed E-state index contributed by atoms with van der Waals surface area (Å²) in [7, 11) is 0. The van der Waals surface area contributed by atoms with Gasteiger partial charge in [-0.25, -0.2) is 4.79 Å². The van der Waals surface area contributed by atoms with E-state index in [4.69, 9.17) is 9.47 Å². The van der Waals surface area contributed by atoms with Crippen molar-refractivity contribution in [3.8, 4) is 0 Å². The van der Waals surface area contributed by atoms with Gasteiger partial charge in [0.1, 0.15) is 13.2 Å². The summed E-state index contributed by atoms with van der Waals surface area (Å²) in [5, 5.41) is 2.89. The number of fused-ring (bicyclic) bond motifs is 1. The molecule has 2 aliphatic carbocycles. The normalized spacial score (nSPS) is 33.8. The number of hydrogen-bond donors (Lipinski definition) is 1. The minimum absolute atomic E-state index is 0.103. The molecule has 0 heterocycles. The Kier molecular flexibility index (Phi) is 4.16. The molecule has 20 heavy (non-hydrogen) atoms. The number of carbonyl (C=O) groups is 2. The van der Waals surface area contributed by atoms with Crippen LogP contribution in [0.3, 0.4) is 0 Å². The van der Waals surface area contributed by atoms with Crippen LogP contribution in [0.1, 0.15) is 19.8 Å². The Bertz CT molecular complexity index is 434. The summed E-state index contributed by atoms with van der Waals surface area (Å²) in [6.07, 6.45) is 4.40. The Morgan fingerprint density at radius 1 is 1.30 bits per heavy atom. The van der Waals surface area contributed by atoms with E-state index in [9.17, 15) is 9.59 Å².